The lowest BCUT2D eigenvalue weighted by Gasteiger charge is -2.27. The van der Waals surface area contributed by atoms with Crippen LogP contribution in [0.25, 0.3) is 0 Å². The molecule has 0 aromatic heterocycles. The zero-order valence-corrected chi connectivity index (χ0v) is 9.56. The number of esters is 1. The number of nitrogens with zero attached hydrogens (tertiary/aromatic N) is 1. The first-order valence-corrected chi connectivity index (χ1v) is 5.10. The Morgan fingerprint density at radius 1 is 1.27 bits per heavy atom. The van der Waals surface area contributed by atoms with Crippen LogP contribution in [0.3, 0.4) is 0 Å². The minimum absolute atomic E-state index is 0.161. The van der Waals surface area contributed by atoms with Crippen molar-refractivity contribution in [2.24, 2.45) is 0 Å². The van der Waals surface area contributed by atoms with Crippen molar-refractivity contribution in [3.63, 3.8) is 0 Å². The van der Waals surface area contributed by atoms with Crippen molar-refractivity contribution in [1.29, 1.82) is 0 Å². The van der Waals surface area contributed by atoms with Crippen molar-refractivity contribution in [2.75, 3.05) is 27.2 Å². The van der Waals surface area contributed by atoms with Gasteiger partial charge in [0.05, 0.1) is 20.7 Å². The Morgan fingerprint density at radius 3 is 2.40 bits per heavy atom. The molecule has 0 aliphatic rings. The highest BCUT2D eigenvalue weighted by molar-refractivity contribution is 5.74. The Morgan fingerprint density at radius 2 is 1.87 bits per heavy atom. The topological polar surface area (TPSA) is 26.3 Å². The average Bonchev–Trinajstić information content (AvgIpc) is 2.18. The molecule has 0 saturated carbocycles. The molecule has 1 rings (SSSR count). The molecule has 0 amide bonds. The van der Waals surface area contributed by atoms with Crippen LogP contribution < -0.4 is 4.48 Å². The number of quaternary nitrogens is 1. The van der Waals surface area contributed by atoms with Crippen LogP contribution in [0, 0.1) is 0 Å². The summed E-state index contributed by atoms with van der Waals surface area (Å²) in [5, 5.41) is 0. The smallest absolute Gasteiger partial charge is 0.362 e. The summed E-state index contributed by atoms with van der Waals surface area (Å²) in [5.41, 5.74) is 1.10. The standard InChI is InChI=1S/C12H18NO2/c1-4-15-12(14)10-13(2,3)11-8-6-5-7-9-11/h5-9H,4,10H2,1-3H3/q+1. The SMILES string of the molecule is CCOC(=O)C[N+](C)(C)c1ccccc1. The number of para-hydroxylation sites is 1. The quantitative estimate of drug-likeness (QED) is 0.557. The highest BCUT2D eigenvalue weighted by Gasteiger charge is 2.23. The summed E-state index contributed by atoms with van der Waals surface area (Å²) >= 11 is 0. The van der Waals surface area contributed by atoms with Crippen LogP contribution in [-0.2, 0) is 9.53 Å². The molecule has 1 aromatic carbocycles. The molecule has 0 aliphatic carbocycles. The van der Waals surface area contributed by atoms with Crippen LogP contribution in [0.5, 0.6) is 0 Å². The van der Waals surface area contributed by atoms with Crippen LogP contribution in [0.15, 0.2) is 30.3 Å². The minimum Gasteiger partial charge on any atom is -0.462 e. The normalized spacial score (nSPS) is 11.1. The van der Waals surface area contributed by atoms with Gasteiger partial charge in [0.15, 0.2) is 6.54 Å². The lowest BCUT2D eigenvalue weighted by atomic mass is 10.2. The third kappa shape index (κ3) is 3.36. The van der Waals surface area contributed by atoms with Crippen molar-refractivity contribution in [1.82, 2.24) is 4.48 Å². The van der Waals surface area contributed by atoms with Gasteiger partial charge in [-0.1, -0.05) is 18.2 Å². The summed E-state index contributed by atoms with van der Waals surface area (Å²) in [4.78, 5) is 11.4. The zero-order valence-electron chi connectivity index (χ0n) is 9.56. The maximum atomic E-state index is 11.4. The van der Waals surface area contributed by atoms with E-state index in [2.05, 4.69) is 0 Å². The zero-order chi connectivity index (χ0) is 11.3. The molecular formula is C12H18NO2+. The van der Waals surface area contributed by atoms with E-state index < -0.39 is 0 Å². The van der Waals surface area contributed by atoms with E-state index in [1.165, 1.54) is 0 Å². The van der Waals surface area contributed by atoms with Gasteiger partial charge in [-0.3, -0.25) is 4.48 Å². The summed E-state index contributed by atoms with van der Waals surface area (Å²) in [7, 11) is 3.98. The highest BCUT2D eigenvalue weighted by Crippen LogP contribution is 2.17. The van der Waals surface area contributed by atoms with Gasteiger partial charge in [-0.2, -0.15) is 0 Å². The van der Waals surface area contributed by atoms with Crippen molar-refractivity contribution < 1.29 is 9.53 Å². The third-order valence-electron chi connectivity index (χ3n) is 2.28. The van der Waals surface area contributed by atoms with Crippen LogP contribution in [0.2, 0.25) is 0 Å². The molecule has 0 radical (unpaired) electrons. The van der Waals surface area contributed by atoms with Gasteiger partial charge in [-0.15, -0.1) is 0 Å². The van der Waals surface area contributed by atoms with Gasteiger partial charge in [0, 0.05) is 0 Å². The van der Waals surface area contributed by atoms with E-state index >= 15 is 0 Å². The fourth-order valence-electron chi connectivity index (χ4n) is 1.45. The minimum atomic E-state index is -0.161. The Kier molecular flexibility index (Phi) is 3.86. The van der Waals surface area contributed by atoms with E-state index in [1.54, 1.807) is 0 Å². The lowest BCUT2D eigenvalue weighted by molar-refractivity contribution is -0.143. The highest BCUT2D eigenvalue weighted by atomic mass is 16.5. The number of benzene rings is 1. The van der Waals surface area contributed by atoms with Crippen molar-refractivity contribution in [2.45, 2.75) is 6.92 Å². The Labute approximate surface area is 90.9 Å². The second-order valence-corrected chi connectivity index (χ2v) is 3.98. The molecule has 0 saturated heterocycles. The largest absolute Gasteiger partial charge is 0.462 e. The van der Waals surface area contributed by atoms with Gasteiger partial charge < -0.3 is 4.74 Å². The molecule has 1 aromatic rings. The first kappa shape index (κ1) is 11.7. The molecule has 0 N–H and O–H groups in total. The molecule has 0 atom stereocenters. The summed E-state index contributed by atoms with van der Waals surface area (Å²) < 4.78 is 5.46. The van der Waals surface area contributed by atoms with Gasteiger partial charge in [0.2, 0.25) is 0 Å². The van der Waals surface area contributed by atoms with Gasteiger partial charge >= 0.3 is 5.97 Å². The molecule has 3 nitrogen and oxygen atoms in total. The summed E-state index contributed by atoms with van der Waals surface area (Å²) in [6.07, 6.45) is 0. The van der Waals surface area contributed by atoms with Crippen LogP contribution in [-0.4, -0.2) is 33.2 Å². The van der Waals surface area contributed by atoms with Crippen molar-refractivity contribution in [3.05, 3.63) is 30.3 Å². The number of hydrogen-bond donors (Lipinski definition) is 0. The molecule has 82 valence electrons. The summed E-state index contributed by atoms with van der Waals surface area (Å²) in [5.74, 6) is -0.161. The molecule has 0 spiro atoms. The molecule has 0 fully saturated rings. The number of carbonyl (C=O) groups is 1. The lowest BCUT2D eigenvalue weighted by Crippen LogP contribution is -2.45. The van der Waals surface area contributed by atoms with Gasteiger partial charge in [0.1, 0.15) is 5.69 Å². The fourth-order valence-corrected chi connectivity index (χ4v) is 1.45. The predicted octanol–water partition coefficient (Wildman–Crippen LogP) is 1.82. The first-order chi connectivity index (χ1) is 7.06. The van der Waals surface area contributed by atoms with Crippen LogP contribution in [0.1, 0.15) is 6.92 Å². The van der Waals surface area contributed by atoms with Crippen molar-refractivity contribution >= 4 is 11.7 Å². The van der Waals surface area contributed by atoms with Crippen molar-refractivity contribution in [3.8, 4) is 0 Å². The number of likely N-dealkylation sites (N-methyl/N-ethyl adjacent to an activating group) is 1. The number of carbonyl (C=O) groups excluding carboxylic acids is 1. The molecule has 0 unspecified atom stereocenters. The fraction of sp³-hybridized carbons (Fsp3) is 0.417. The molecule has 15 heavy (non-hydrogen) atoms. The molecule has 3 heteroatoms. The maximum absolute atomic E-state index is 11.4. The molecule has 0 heterocycles. The van der Waals surface area contributed by atoms with Crippen LogP contribution in [0.4, 0.5) is 5.69 Å². The second kappa shape index (κ2) is 4.94. The third-order valence-corrected chi connectivity index (χ3v) is 2.28. The van der Waals surface area contributed by atoms with Gasteiger partial charge in [-0.25, -0.2) is 4.79 Å². The Bertz CT molecular complexity index is 320. The second-order valence-electron chi connectivity index (χ2n) is 3.98. The van der Waals surface area contributed by atoms with E-state index in [1.807, 2.05) is 51.4 Å². The maximum Gasteiger partial charge on any atom is 0.362 e. The Hall–Kier alpha value is -1.35. The summed E-state index contributed by atoms with van der Waals surface area (Å²) in [6.45, 7) is 2.62. The number of hydrogen-bond acceptors (Lipinski definition) is 2. The number of ether oxygens (including phenoxy) is 1. The van der Waals surface area contributed by atoms with E-state index in [9.17, 15) is 4.79 Å². The molecule has 0 bridgehead atoms. The van der Waals surface area contributed by atoms with Gasteiger partial charge in [-0.05, 0) is 19.1 Å². The monoisotopic (exact) mass is 208 g/mol. The van der Waals surface area contributed by atoms with E-state index in [0.29, 0.717) is 17.6 Å². The molecule has 0 aliphatic heterocycles. The van der Waals surface area contributed by atoms with Gasteiger partial charge in [0.25, 0.3) is 0 Å². The molecular weight excluding hydrogens is 190 g/mol. The number of rotatable bonds is 4. The Balaban J connectivity index is 2.71. The van der Waals surface area contributed by atoms with E-state index in [-0.39, 0.29) is 5.97 Å². The first-order valence-electron chi connectivity index (χ1n) is 5.10. The average molecular weight is 208 g/mol. The van der Waals surface area contributed by atoms with Crippen LogP contribution >= 0.6 is 0 Å². The summed E-state index contributed by atoms with van der Waals surface area (Å²) in [6, 6.07) is 9.94. The predicted molar refractivity (Wildman–Crippen MR) is 61.6 cm³/mol. The van der Waals surface area contributed by atoms with E-state index in [0.717, 1.165) is 5.69 Å². The van der Waals surface area contributed by atoms with E-state index in [4.69, 9.17) is 4.74 Å².